The number of aliphatic carboxylic acids is 1. The van der Waals surface area contributed by atoms with E-state index in [2.05, 4.69) is 19.2 Å². The zero-order chi connectivity index (χ0) is 16.9. The fourth-order valence-electron chi connectivity index (χ4n) is 6.51. The molecule has 0 radical (unpaired) electrons. The van der Waals surface area contributed by atoms with Gasteiger partial charge in [0.25, 0.3) is 0 Å². The fourth-order valence-corrected chi connectivity index (χ4v) is 6.51. The van der Waals surface area contributed by atoms with Gasteiger partial charge >= 0.3 is 5.97 Å². The molecule has 5 nitrogen and oxygen atoms in total. The van der Waals surface area contributed by atoms with Crippen LogP contribution in [0.3, 0.4) is 0 Å². The summed E-state index contributed by atoms with van der Waals surface area (Å²) in [5.41, 5.74) is 0.136. The van der Waals surface area contributed by atoms with Gasteiger partial charge in [-0.15, -0.1) is 0 Å². The molecular weight excluding hydrogens is 294 g/mol. The molecule has 4 saturated carbocycles. The van der Waals surface area contributed by atoms with Gasteiger partial charge in [-0.25, -0.2) is 4.79 Å². The van der Waals surface area contributed by atoms with E-state index in [1.54, 1.807) is 7.11 Å². The van der Waals surface area contributed by atoms with Crippen LogP contribution in [-0.4, -0.2) is 36.7 Å². The van der Waals surface area contributed by atoms with Gasteiger partial charge in [0.2, 0.25) is 5.91 Å². The lowest BCUT2D eigenvalue weighted by Crippen LogP contribution is -2.61. The lowest BCUT2D eigenvalue weighted by Gasteiger charge is -2.64. The van der Waals surface area contributed by atoms with Crippen molar-refractivity contribution in [1.82, 2.24) is 5.32 Å². The summed E-state index contributed by atoms with van der Waals surface area (Å²) < 4.78 is 4.97. The lowest BCUT2D eigenvalue weighted by atomic mass is 9.40. The molecular formula is C18H29NO4. The number of carboxylic acid groups (broad SMARTS) is 1. The van der Waals surface area contributed by atoms with Gasteiger partial charge in [0.1, 0.15) is 6.04 Å². The first-order chi connectivity index (χ1) is 10.7. The van der Waals surface area contributed by atoms with E-state index in [0.29, 0.717) is 18.9 Å². The van der Waals surface area contributed by atoms with Crippen molar-refractivity contribution in [2.75, 3.05) is 13.7 Å². The van der Waals surface area contributed by atoms with Gasteiger partial charge in [-0.05, 0) is 55.3 Å². The highest BCUT2D eigenvalue weighted by Crippen LogP contribution is 2.69. The number of nitrogens with one attached hydrogen (secondary N) is 1. The maximum absolute atomic E-state index is 13.0. The summed E-state index contributed by atoms with van der Waals surface area (Å²) in [6, 6.07) is -0.851. The normalized spacial score (nSPS) is 42.5. The van der Waals surface area contributed by atoms with E-state index in [4.69, 9.17) is 4.74 Å². The first kappa shape index (κ1) is 16.7. The number of carbonyl (C=O) groups is 2. The van der Waals surface area contributed by atoms with Gasteiger partial charge in [-0.2, -0.15) is 0 Å². The number of rotatable bonds is 6. The second-order valence-corrected chi connectivity index (χ2v) is 9.06. The highest BCUT2D eigenvalue weighted by molar-refractivity contribution is 5.88. The third-order valence-electron chi connectivity index (χ3n) is 6.32. The van der Waals surface area contributed by atoms with Crippen molar-refractivity contribution in [3.63, 3.8) is 0 Å². The Labute approximate surface area is 138 Å². The molecule has 3 unspecified atom stereocenters. The van der Waals surface area contributed by atoms with Crippen LogP contribution in [0.1, 0.15) is 58.8 Å². The van der Waals surface area contributed by atoms with Crippen LogP contribution in [0.2, 0.25) is 0 Å². The number of amides is 1. The van der Waals surface area contributed by atoms with Crippen molar-refractivity contribution in [3.8, 4) is 0 Å². The van der Waals surface area contributed by atoms with E-state index in [9.17, 15) is 14.7 Å². The van der Waals surface area contributed by atoms with Crippen LogP contribution < -0.4 is 5.32 Å². The minimum Gasteiger partial charge on any atom is -0.480 e. The highest BCUT2D eigenvalue weighted by atomic mass is 16.5. The topological polar surface area (TPSA) is 75.6 Å². The van der Waals surface area contributed by atoms with Crippen molar-refractivity contribution in [1.29, 1.82) is 0 Å². The smallest absolute Gasteiger partial charge is 0.326 e. The Morgan fingerprint density at radius 1 is 1.17 bits per heavy atom. The Bertz CT molecular complexity index is 499. The Kier molecular flexibility index (Phi) is 3.98. The molecule has 4 fully saturated rings. The first-order valence-corrected chi connectivity index (χ1v) is 8.72. The SMILES string of the molecule is COCCC(NC(=O)C12CC3CC(C)(CC(C)(C3)C1)C2)C(=O)O. The second kappa shape index (κ2) is 5.47. The lowest BCUT2D eigenvalue weighted by molar-refractivity contribution is -0.172. The molecule has 0 saturated heterocycles. The van der Waals surface area contributed by atoms with Crippen molar-refractivity contribution in [3.05, 3.63) is 0 Å². The molecule has 23 heavy (non-hydrogen) atoms. The zero-order valence-electron chi connectivity index (χ0n) is 14.5. The summed E-state index contributed by atoms with van der Waals surface area (Å²) >= 11 is 0. The highest BCUT2D eigenvalue weighted by Gasteiger charge is 2.62. The minimum absolute atomic E-state index is 0.0393. The van der Waals surface area contributed by atoms with Gasteiger partial charge in [0.05, 0.1) is 5.41 Å². The predicted molar refractivity (Wildman–Crippen MR) is 85.9 cm³/mol. The molecule has 0 aliphatic heterocycles. The largest absolute Gasteiger partial charge is 0.480 e. The number of hydrogen-bond acceptors (Lipinski definition) is 3. The molecule has 2 N–H and O–H groups in total. The van der Waals surface area contributed by atoms with Gasteiger partial charge in [-0.1, -0.05) is 13.8 Å². The van der Waals surface area contributed by atoms with E-state index < -0.39 is 12.0 Å². The van der Waals surface area contributed by atoms with Crippen LogP contribution in [-0.2, 0) is 14.3 Å². The van der Waals surface area contributed by atoms with E-state index >= 15 is 0 Å². The van der Waals surface area contributed by atoms with E-state index in [-0.39, 0.29) is 22.2 Å². The molecule has 0 spiro atoms. The molecule has 4 aliphatic carbocycles. The predicted octanol–water partition coefficient (Wildman–Crippen LogP) is 2.59. The number of hydrogen-bond donors (Lipinski definition) is 2. The van der Waals surface area contributed by atoms with Gasteiger partial charge < -0.3 is 15.2 Å². The average molecular weight is 323 g/mol. The summed E-state index contributed by atoms with van der Waals surface area (Å²) in [6.07, 6.45) is 6.72. The fraction of sp³-hybridized carbons (Fsp3) is 0.889. The van der Waals surface area contributed by atoms with Crippen LogP contribution in [0.4, 0.5) is 0 Å². The molecule has 4 rings (SSSR count). The first-order valence-electron chi connectivity index (χ1n) is 8.72. The summed E-state index contributed by atoms with van der Waals surface area (Å²) in [4.78, 5) is 24.5. The summed E-state index contributed by atoms with van der Waals surface area (Å²) in [7, 11) is 1.54. The van der Waals surface area contributed by atoms with E-state index in [1.165, 1.54) is 19.3 Å². The molecule has 1 amide bonds. The monoisotopic (exact) mass is 323 g/mol. The van der Waals surface area contributed by atoms with Gasteiger partial charge in [-0.3, -0.25) is 4.79 Å². The molecule has 130 valence electrons. The number of methoxy groups -OCH3 is 1. The Hall–Kier alpha value is -1.10. The standard InChI is InChI=1S/C18H29NO4/c1-16-6-12-7-17(2,9-16)11-18(8-12,10-16)15(22)19-13(14(20)21)4-5-23-3/h12-13H,4-11H2,1-3H3,(H,19,22)(H,20,21). The van der Waals surface area contributed by atoms with E-state index in [1.807, 2.05) is 0 Å². The molecule has 0 aromatic heterocycles. The quantitative estimate of drug-likeness (QED) is 0.788. The average Bonchev–Trinajstić information content (AvgIpc) is 2.38. The number of ether oxygens (including phenoxy) is 1. The van der Waals surface area contributed by atoms with E-state index in [0.717, 1.165) is 19.3 Å². The van der Waals surface area contributed by atoms with Crippen LogP contribution >= 0.6 is 0 Å². The molecule has 4 bridgehead atoms. The van der Waals surface area contributed by atoms with Crippen molar-refractivity contribution >= 4 is 11.9 Å². The van der Waals surface area contributed by atoms with Crippen molar-refractivity contribution < 1.29 is 19.4 Å². The molecule has 0 heterocycles. The van der Waals surface area contributed by atoms with Gasteiger partial charge in [0.15, 0.2) is 0 Å². The summed E-state index contributed by atoms with van der Waals surface area (Å²) in [6.45, 7) is 4.97. The van der Waals surface area contributed by atoms with Crippen LogP contribution in [0.15, 0.2) is 0 Å². The molecule has 5 heteroatoms. The summed E-state index contributed by atoms with van der Waals surface area (Å²) in [5.74, 6) is -0.394. The Morgan fingerprint density at radius 2 is 1.78 bits per heavy atom. The molecule has 3 atom stereocenters. The van der Waals surface area contributed by atoms with Crippen LogP contribution in [0, 0.1) is 22.2 Å². The van der Waals surface area contributed by atoms with Crippen molar-refractivity contribution in [2.24, 2.45) is 22.2 Å². The third kappa shape index (κ3) is 3.00. The molecule has 4 aliphatic rings. The van der Waals surface area contributed by atoms with Gasteiger partial charge in [0, 0.05) is 20.1 Å². The van der Waals surface area contributed by atoms with Crippen molar-refractivity contribution in [2.45, 2.75) is 64.8 Å². The summed E-state index contributed by atoms with van der Waals surface area (Å²) in [5, 5.41) is 12.2. The van der Waals surface area contributed by atoms with Crippen LogP contribution in [0.5, 0.6) is 0 Å². The Morgan fingerprint density at radius 3 is 2.26 bits per heavy atom. The minimum atomic E-state index is -0.974. The Balaban J connectivity index is 1.77. The maximum atomic E-state index is 13.0. The zero-order valence-corrected chi connectivity index (χ0v) is 14.5. The van der Waals surface area contributed by atoms with Crippen LogP contribution in [0.25, 0.3) is 0 Å². The molecule has 0 aromatic carbocycles. The second-order valence-electron chi connectivity index (χ2n) is 9.06. The maximum Gasteiger partial charge on any atom is 0.326 e. The number of carboxylic acids is 1. The third-order valence-corrected chi connectivity index (χ3v) is 6.32. The molecule has 0 aromatic rings. The number of carbonyl (C=O) groups excluding carboxylic acids is 1.